The number of piperazine rings is 1. The number of hydrogen-bond donors (Lipinski definition) is 3. The third-order valence-electron chi connectivity index (χ3n) is 5.63. The van der Waals surface area contributed by atoms with E-state index in [2.05, 4.69) is 27.1 Å². The molecule has 3 aliphatic heterocycles. The third-order valence-corrected chi connectivity index (χ3v) is 5.86. The Morgan fingerprint density at radius 3 is 2.77 bits per heavy atom. The summed E-state index contributed by atoms with van der Waals surface area (Å²) in [6.07, 6.45) is 1.08. The lowest BCUT2D eigenvalue weighted by Crippen LogP contribution is -2.55. The first-order valence-corrected chi connectivity index (χ1v) is 9.56. The number of benzene rings is 1. The molecule has 0 aromatic heterocycles. The molecular formula is C18H27Cl2N5O. The van der Waals surface area contributed by atoms with Crippen molar-refractivity contribution in [2.24, 2.45) is 5.92 Å². The first kappa shape index (κ1) is 19.9. The molecule has 26 heavy (non-hydrogen) atoms. The molecule has 3 N–H and O–H groups in total. The van der Waals surface area contributed by atoms with E-state index in [0.29, 0.717) is 12.0 Å². The van der Waals surface area contributed by atoms with Gasteiger partial charge in [0.05, 0.1) is 0 Å². The quantitative estimate of drug-likeness (QED) is 0.703. The lowest BCUT2D eigenvalue weighted by atomic mass is 9.89. The Hall–Kier alpha value is -0.890. The van der Waals surface area contributed by atoms with Gasteiger partial charge in [-0.25, -0.2) is 5.43 Å². The molecule has 3 heterocycles. The van der Waals surface area contributed by atoms with Gasteiger partial charge in [0.25, 0.3) is 0 Å². The van der Waals surface area contributed by atoms with Crippen molar-refractivity contribution < 1.29 is 4.79 Å². The first-order chi connectivity index (χ1) is 12.2. The number of amides is 1. The van der Waals surface area contributed by atoms with E-state index in [9.17, 15) is 4.79 Å². The van der Waals surface area contributed by atoms with Crippen LogP contribution in [0, 0.1) is 5.92 Å². The predicted octanol–water partition coefficient (Wildman–Crippen LogP) is 0.861. The van der Waals surface area contributed by atoms with Gasteiger partial charge in [-0.3, -0.25) is 15.1 Å². The minimum absolute atomic E-state index is 0. The maximum atomic E-state index is 12.9. The van der Waals surface area contributed by atoms with Gasteiger partial charge in [-0.2, -0.15) is 0 Å². The van der Waals surface area contributed by atoms with Crippen molar-refractivity contribution in [3.63, 3.8) is 0 Å². The second-order valence-electron chi connectivity index (χ2n) is 7.26. The van der Waals surface area contributed by atoms with Crippen LogP contribution in [0.3, 0.4) is 0 Å². The van der Waals surface area contributed by atoms with Crippen LogP contribution in [0.5, 0.6) is 0 Å². The highest BCUT2D eigenvalue weighted by Crippen LogP contribution is 2.22. The molecule has 3 atom stereocenters. The summed E-state index contributed by atoms with van der Waals surface area (Å²) in [5.41, 5.74) is 7.79. The van der Waals surface area contributed by atoms with Crippen molar-refractivity contribution in [3.8, 4) is 0 Å². The minimum Gasteiger partial charge on any atom is -0.339 e. The summed E-state index contributed by atoms with van der Waals surface area (Å²) in [4.78, 5) is 17.3. The maximum Gasteiger partial charge on any atom is 0.241 e. The van der Waals surface area contributed by atoms with Crippen LogP contribution in [0.2, 0.25) is 5.02 Å². The molecule has 0 aliphatic carbocycles. The van der Waals surface area contributed by atoms with E-state index < -0.39 is 0 Å². The van der Waals surface area contributed by atoms with Crippen molar-refractivity contribution in [3.05, 3.63) is 34.9 Å². The fraction of sp³-hybridized carbons (Fsp3) is 0.611. The Bertz CT molecular complexity index is 623. The zero-order valence-corrected chi connectivity index (χ0v) is 16.4. The lowest BCUT2D eigenvalue weighted by Gasteiger charge is -2.37. The van der Waals surface area contributed by atoms with E-state index in [1.54, 1.807) is 0 Å². The molecule has 6 nitrogen and oxygen atoms in total. The molecule has 0 spiro atoms. The monoisotopic (exact) mass is 399 g/mol. The normalized spacial score (nSPS) is 29.1. The van der Waals surface area contributed by atoms with Crippen molar-refractivity contribution in [2.75, 3.05) is 39.3 Å². The Morgan fingerprint density at radius 2 is 2.00 bits per heavy atom. The number of fused-ring (bicyclic) bond motifs is 1. The van der Waals surface area contributed by atoms with Gasteiger partial charge in [0, 0.05) is 56.3 Å². The van der Waals surface area contributed by atoms with Crippen LogP contribution in [-0.2, 0) is 11.3 Å². The second kappa shape index (κ2) is 8.87. The van der Waals surface area contributed by atoms with Gasteiger partial charge < -0.3 is 10.2 Å². The van der Waals surface area contributed by atoms with Crippen LogP contribution < -0.4 is 16.2 Å². The number of hydrazine groups is 1. The molecule has 8 heteroatoms. The molecule has 3 fully saturated rings. The Morgan fingerprint density at radius 1 is 1.19 bits per heavy atom. The molecule has 3 saturated heterocycles. The number of piperidine rings is 1. The summed E-state index contributed by atoms with van der Waals surface area (Å²) in [6.45, 7) is 6.23. The number of nitrogens with one attached hydrogen (secondary N) is 3. The van der Waals surface area contributed by atoms with Crippen LogP contribution in [0.1, 0.15) is 12.0 Å². The van der Waals surface area contributed by atoms with E-state index in [0.717, 1.165) is 57.3 Å². The Balaban J connectivity index is 0.00000196. The summed E-state index contributed by atoms with van der Waals surface area (Å²) in [5, 5.41) is 4.19. The van der Waals surface area contributed by atoms with E-state index >= 15 is 0 Å². The molecule has 4 rings (SSSR count). The number of nitrogens with zero attached hydrogens (tertiary/aromatic N) is 2. The highest BCUT2D eigenvalue weighted by Gasteiger charge is 2.42. The summed E-state index contributed by atoms with van der Waals surface area (Å²) in [5.74, 6) is 0.594. The van der Waals surface area contributed by atoms with Crippen LogP contribution in [-0.4, -0.2) is 67.1 Å². The van der Waals surface area contributed by atoms with Crippen molar-refractivity contribution in [1.82, 2.24) is 26.0 Å². The van der Waals surface area contributed by atoms with Gasteiger partial charge in [0.1, 0.15) is 6.04 Å². The Labute approximate surface area is 166 Å². The van der Waals surface area contributed by atoms with Gasteiger partial charge in [-0.1, -0.05) is 23.7 Å². The van der Waals surface area contributed by atoms with Crippen LogP contribution in [0.15, 0.2) is 24.3 Å². The van der Waals surface area contributed by atoms with E-state index in [1.807, 2.05) is 23.1 Å². The number of rotatable bonds is 3. The van der Waals surface area contributed by atoms with E-state index in [1.165, 1.54) is 5.56 Å². The van der Waals surface area contributed by atoms with Crippen LogP contribution >= 0.6 is 24.0 Å². The number of hydrogen-bond acceptors (Lipinski definition) is 5. The van der Waals surface area contributed by atoms with Gasteiger partial charge in [0.2, 0.25) is 5.91 Å². The zero-order chi connectivity index (χ0) is 17.2. The summed E-state index contributed by atoms with van der Waals surface area (Å²) >= 11 is 6.07. The molecule has 144 valence electrons. The van der Waals surface area contributed by atoms with Crippen LogP contribution in [0.25, 0.3) is 0 Å². The average Bonchev–Trinajstić information content (AvgIpc) is 3.06. The number of halogens is 2. The highest BCUT2D eigenvalue weighted by molar-refractivity contribution is 6.30. The van der Waals surface area contributed by atoms with E-state index in [-0.39, 0.29) is 24.4 Å². The molecule has 3 aliphatic rings. The van der Waals surface area contributed by atoms with Crippen molar-refractivity contribution in [1.29, 1.82) is 0 Å². The molecule has 0 radical (unpaired) electrons. The largest absolute Gasteiger partial charge is 0.339 e. The molecular weight excluding hydrogens is 373 g/mol. The van der Waals surface area contributed by atoms with Gasteiger partial charge in [0.15, 0.2) is 0 Å². The summed E-state index contributed by atoms with van der Waals surface area (Å²) in [6, 6.07) is 8.33. The van der Waals surface area contributed by atoms with Crippen molar-refractivity contribution >= 4 is 29.9 Å². The topological polar surface area (TPSA) is 59.6 Å². The predicted molar refractivity (Wildman–Crippen MR) is 105 cm³/mol. The third kappa shape index (κ3) is 4.32. The van der Waals surface area contributed by atoms with Crippen molar-refractivity contribution in [2.45, 2.75) is 25.0 Å². The van der Waals surface area contributed by atoms with Gasteiger partial charge in [-0.05, 0) is 30.7 Å². The van der Waals surface area contributed by atoms with E-state index in [4.69, 9.17) is 11.6 Å². The fourth-order valence-corrected chi connectivity index (χ4v) is 4.39. The molecule has 0 saturated carbocycles. The number of carbonyl (C=O) groups is 1. The minimum atomic E-state index is -0.0997. The first-order valence-electron chi connectivity index (χ1n) is 9.18. The highest BCUT2D eigenvalue weighted by atomic mass is 35.5. The fourth-order valence-electron chi connectivity index (χ4n) is 4.18. The van der Waals surface area contributed by atoms with Gasteiger partial charge in [-0.15, -0.1) is 12.4 Å². The Kier molecular flexibility index (Phi) is 6.77. The van der Waals surface area contributed by atoms with Crippen LogP contribution in [0.4, 0.5) is 0 Å². The van der Waals surface area contributed by atoms with Gasteiger partial charge >= 0.3 is 0 Å². The second-order valence-corrected chi connectivity index (χ2v) is 7.70. The zero-order valence-electron chi connectivity index (χ0n) is 14.8. The lowest BCUT2D eigenvalue weighted by molar-refractivity contribution is -0.136. The standard InChI is InChI=1S/C18H26ClN5O.ClH/c19-14-3-1-2-13(10-14)12-23-6-8-24(9-7-23)18(25)17-15-11-20-5-4-16(15)21-22-17;/h1-3,10,15-17,20-22H,4-9,11-12H2;1H. The average molecular weight is 400 g/mol. The number of carbonyl (C=O) groups excluding carboxylic acids is 1. The summed E-state index contributed by atoms with van der Waals surface area (Å²) in [7, 11) is 0. The molecule has 1 aromatic carbocycles. The summed E-state index contributed by atoms with van der Waals surface area (Å²) < 4.78 is 0. The molecule has 3 unspecified atom stereocenters. The molecule has 1 aromatic rings. The smallest absolute Gasteiger partial charge is 0.241 e. The molecule has 0 bridgehead atoms. The SMILES string of the molecule is Cl.O=C(C1NNC2CCNCC21)N1CCN(Cc2cccc(Cl)c2)CC1. The molecule has 1 amide bonds. The maximum absolute atomic E-state index is 12.9.